The van der Waals surface area contributed by atoms with Crippen molar-refractivity contribution >= 4 is 17.7 Å². The van der Waals surface area contributed by atoms with Gasteiger partial charge in [-0.1, -0.05) is 0 Å². The Balaban J connectivity index is 2.95. The third kappa shape index (κ3) is 3.19. The molecule has 1 rings (SSSR count). The highest BCUT2D eigenvalue weighted by Crippen LogP contribution is 2.24. The van der Waals surface area contributed by atoms with Crippen LogP contribution in [-0.2, 0) is 11.8 Å². The first kappa shape index (κ1) is 13.9. The molecule has 1 aromatic rings. The summed E-state index contributed by atoms with van der Waals surface area (Å²) < 4.78 is 6.29. The maximum Gasteiger partial charge on any atom is 0.413 e. The average molecular weight is 256 g/mol. The van der Waals surface area contributed by atoms with Crippen LogP contribution >= 0.6 is 0 Å². The molecular formula is C10H16N4O4. The molecule has 0 aliphatic rings. The first-order valence-corrected chi connectivity index (χ1v) is 5.29. The third-order valence-corrected chi connectivity index (χ3v) is 2.08. The molecule has 0 fully saturated rings. The van der Waals surface area contributed by atoms with Gasteiger partial charge in [0.1, 0.15) is 5.60 Å². The molecule has 0 aliphatic carbocycles. The first-order chi connectivity index (χ1) is 8.11. The van der Waals surface area contributed by atoms with Crippen LogP contribution in [0.1, 0.15) is 26.6 Å². The number of carbonyl (C=O) groups excluding carboxylic acids is 1. The monoisotopic (exact) mass is 256 g/mol. The lowest BCUT2D eigenvalue weighted by molar-refractivity contribution is -0.390. The minimum Gasteiger partial charge on any atom is -0.444 e. The van der Waals surface area contributed by atoms with E-state index in [9.17, 15) is 14.9 Å². The number of imidazole rings is 1. The van der Waals surface area contributed by atoms with Gasteiger partial charge < -0.3 is 14.9 Å². The van der Waals surface area contributed by atoms with E-state index < -0.39 is 16.6 Å². The van der Waals surface area contributed by atoms with Gasteiger partial charge in [0.15, 0.2) is 5.82 Å². The van der Waals surface area contributed by atoms with Crippen molar-refractivity contribution in [2.75, 3.05) is 5.32 Å². The minimum absolute atomic E-state index is 0.116. The van der Waals surface area contributed by atoms with E-state index in [0.717, 1.165) is 0 Å². The number of aryl methyl sites for hydroxylation is 1. The quantitative estimate of drug-likeness (QED) is 0.644. The van der Waals surface area contributed by atoms with Gasteiger partial charge in [0, 0.05) is 6.92 Å². The van der Waals surface area contributed by atoms with Crippen molar-refractivity contribution in [3.05, 3.63) is 15.9 Å². The molecule has 0 aromatic carbocycles. The van der Waals surface area contributed by atoms with E-state index in [1.165, 1.54) is 11.6 Å². The van der Waals surface area contributed by atoms with Gasteiger partial charge in [-0.15, -0.1) is 0 Å². The van der Waals surface area contributed by atoms with Crippen LogP contribution in [0.4, 0.5) is 16.4 Å². The number of hydrogen-bond acceptors (Lipinski definition) is 5. The SMILES string of the molecule is Cc1nc(NC(=O)OC(C)(C)C)c([N+](=O)[O-])n1C. The summed E-state index contributed by atoms with van der Waals surface area (Å²) in [5, 5.41) is 13.2. The van der Waals surface area contributed by atoms with Crippen molar-refractivity contribution in [1.82, 2.24) is 9.55 Å². The Morgan fingerprint density at radius 3 is 2.50 bits per heavy atom. The number of nitrogens with zero attached hydrogens (tertiary/aromatic N) is 3. The van der Waals surface area contributed by atoms with E-state index in [1.807, 2.05) is 0 Å². The Kier molecular flexibility index (Phi) is 3.59. The largest absolute Gasteiger partial charge is 0.444 e. The molecule has 0 aliphatic heterocycles. The fraction of sp³-hybridized carbons (Fsp3) is 0.600. The number of carbonyl (C=O) groups is 1. The van der Waals surface area contributed by atoms with E-state index >= 15 is 0 Å². The fourth-order valence-electron chi connectivity index (χ4n) is 1.29. The Labute approximate surface area is 104 Å². The number of aromatic nitrogens is 2. The van der Waals surface area contributed by atoms with Gasteiger partial charge in [-0.25, -0.2) is 9.36 Å². The van der Waals surface area contributed by atoms with E-state index in [4.69, 9.17) is 4.74 Å². The summed E-state index contributed by atoms with van der Waals surface area (Å²) in [6.07, 6.45) is -0.774. The predicted octanol–water partition coefficient (Wildman–Crippen LogP) is 1.98. The number of amides is 1. The predicted molar refractivity (Wildman–Crippen MR) is 64.5 cm³/mol. The summed E-state index contributed by atoms with van der Waals surface area (Å²) in [5.41, 5.74) is -0.678. The second-order valence-corrected chi connectivity index (χ2v) is 4.77. The summed E-state index contributed by atoms with van der Waals surface area (Å²) >= 11 is 0. The van der Waals surface area contributed by atoms with E-state index in [-0.39, 0.29) is 11.6 Å². The van der Waals surface area contributed by atoms with Crippen LogP contribution in [0.3, 0.4) is 0 Å². The molecule has 1 amide bonds. The van der Waals surface area contributed by atoms with E-state index in [2.05, 4.69) is 10.3 Å². The van der Waals surface area contributed by atoms with Crippen LogP contribution in [0.5, 0.6) is 0 Å². The molecule has 0 saturated heterocycles. The standard InChI is InChI=1S/C10H16N4O4/c1-6-11-7(8(13(6)5)14(16)17)12-9(15)18-10(2,3)4/h1-5H3,(H,12,15). The molecule has 0 unspecified atom stereocenters. The van der Waals surface area contributed by atoms with Crippen molar-refractivity contribution in [3.8, 4) is 0 Å². The highest BCUT2D eigenvalue weighted by molar-refractivity contribution is 5.86. The molecule has 0 bridgehead atoms. The number of ether oxygens (including phenoxy) is 1. The minimum atomic E-state index is -0.774. The third-order valence-electron chi connectivity index (χ3n) is 2.08. The maximum atomic E-state index is 11.5. The molecule has 18 heavy (non-hydrogen) atoms. The number of rotatable bonds is 2. The highest BCUT2D eigenvalue weighted by Gasteiger charge is 2.26. The van der Waals surface area contributed by atoms with Gasteiger partial charge in [0.2, 0.25) is 5.82 Å². The second kappa shape index (κ2) is 4.63. The summed E-state index contributed by atoms with van der Waals surface area (Å²) in [4.78, 5) is 25.7. The van der Waals surface area contributed by atoms with Gasteiger partial charge in [-0.3, -0.25) is 5.32 Å². The average Bonchev–Trinajstić information content (AvgIpc) is 2.38. The number of nitrogens with one attached hydrogen (secondary N) is 1. The molecule has 0 radical (unpaired) electrons. The lowest BCUT2D eigenvalue weighted by Gasteiger charge is -2.18. The van der Waals surface area contributed by atoms with Crippen molar-refractivity contribution < 1.29 is 14.5 Å². The summed E-state index contributed by atoms with van der Waals surface area (Å²) in [5.74, 6) is 0.0281. The Morgan fingerprint density at radius 2 is 2.06 bits per heavy atom. The van der Waals surface area contributed by atoms with Crippen LogP contribution in [0.2, 0.25) is 0 Å². The molecule has 1 aromatic heterocycles. The number of hydrogen-bond donors (Lipinski definition) is 1. The van der Waals surface area contributed by atoms with Crippen LogP contribution in [-0.4, -0.2) is 26.2 Å². The van der Waals surface area contributed by atoms with Crippen LogP contribution in [0.15, 0.2) is 0 Å². The topological polar surface area (TPSA) is 99.3 Å². The van der Waals surface area contributed by atoms with Gasteiger partial charge in [0.05, 0.1) is 7.05 Å². The zero-order chi connectivity index (χ0) is 14.1. The van der Waals surface area contributed by atoms with Gasteiger partial charge in [0.25, 0.3) is 0 Å². The molecule has 1 heterocycles. The molecule has 1 N–H and O–H groups in total. The Hall–Kier alpha value is -2.12. The van der Waals surface area contributed by atoms with Crippen molar-refractivity contribution in [1.29, 1.82) is 0 Å². The van der Waals surface area contributed by atoms with Crippen LogP contribution in [0, 0.1) is 17.0 Å². The molecular weight excluding hydrogens is 240 g/mol. The van der Waals surface area contributed by atoms with Gasteiger partial charge >= 0.3 is 11.9 Å². The van der Waals surface area contributed by atoms with Crippen LogP contribution < -0.4 is 5.32 Å². The zero-order valence-corrected chi connectivity index (χ0v) is 11.0. The molecule has 8 nitrogen and oxygen atoms in total. The molecule has 100 valence electrons. The highest BCUT2D eigenvalue weighted by atomic mass is 16.6. The number of anilines is 1. The lowest BCUT2D eigenvalue weighted by Crippen LogP contribution is -2.27. The molecule has 0 spiro atoms. The summed E-state index contributed by atoms with van der Waals surface area (Å²) in [6, 6.07) is 0. The smallest absolute Gasteiger partial charge is 0.413 e. The second-order valence-electron chi connectivity index (χ2n) is 4.77. The fourth-order valence-corrected chi connectivity index (χ4v) is 1.29. The van der Waals surface area contributed by atoms with Crippen molar-refractivity contribution in [2.24, 2.45) is 7.05 Å². The first-order valence-electron chi connectivity index (χ1n) is 5.29. The Bertz CT molecular complexity index is 487. The van der Waals surface area contributed by atoms with Crippen molar-refractivity contribution in [3.63, 3.8) is 0 Å². The summed E-state index contributed by atoms with van der Waals surface area (Å²) in [7, 11) is 1.50. The van der Waals surface area contributed by atoms with Crippen LogP contribution in [0.25, 0.3) is 0 Å². The van der Waals surface area contributed by atoms with Crippen molar-refractivity contribution in [2.45, 2.75) is 33.3 Å². The van der Waals surface area contributed by atoms with E-state index in [1.54, 1.807) is 27.7 Å². The van der Waals surface area contributed by atoms with Gasteiger partial charge in [-0.2, -0.15) is 4.98 Å². The zero-order valence-electron chi connectivity index (χ0n) is 11.0. The lowest BCUT2D eigenvalue weighted by atomic mass is 10.2. The number of nitro groups is 1. The normalized spacial score (nSPS) is 11.2. The molecule has 0 saturated carbocycles. The van der Waals surface area contributed by atoms with Gasteiger partial charge in [-0.05, 0) is 25.7 Å². The maximum absolute atomic E-state index is 11.5. The van der Waals surface area contributed by atoms with E-state index in [0.29, 0.717) is 5.82 Å². The molecule has 8 heteroatoms. The summed E-state index contributed by atoms with van der Waals surface area (Å²) in [6.45, 7) is 6.70. The molecule has 0 atom stereocenters. The Morgan fingerprint density at radius 1 is 1.50 bits per heavy atom.